The summed E-state index contributed by atoms with van der Waals surface area (Å²) >= 11 is 0. The molecule has 0 amide bonds. The molecule has 156 valence electrons. The van der Waals surface area contributed by atoms with E-state index in [4.69, 9.17) is 4.74 Å². The Morgan fingerprint density at radius 1 is 0.871 bits per heavy atom. The first kappa shape index (κ1) is 19.5. The van der Waals surface area contributed by atoms with Crippen molar-refractivity contribution in [2.75, 3.05) is 26.3 Å². The number of fused-ring (bicyclic) bond motifs is 1. The summed E-state index contributed by atoms with van der Waals surface area (Å²) in [6, 6.07) is 19.2. The Bertz CT molecular complexity index is 1190. The third-order valence-electron chi connectivity index (χ3n) is 5.59. The zero-order chi connectivity index (χ0) is 20.9. The number of aromatic nitrogens is 3. The molecule has 2 aromatic heterocycles. The summed E-state index contributed by atoms with van der Waals surface area (Å²) in [6.45, 7) is 4.69. The van der Waals surface area contributed by atoms with E-state index >= 15 is 0 Å². The predicted molar refractivity (Wildman–Crippen MR) is 127 cm³/mol. The minimum Gasteiger partial charge on any atom is -0.379 e. The second kappa shape index (κ2) is 9.16. The summed E-state index contributed by atoms with van der Waals surface area (Å²) in [6.07, 6.45) is 10.2. The van der Waals surface area contributed by atoms with Crippen molar-refractivity contribution in [2.24, 2.45) is 0 Å². The quantitative estimate of drug-likeness (QED) is 0.467. The van der Waals surface area contributed by atoms with E-state index in [1.807, 2.05) is 18.3 Å². The molecular weight excluding hydrogens is 384 g/mol. The standard InChI is InChI=1S/C26H26N4O/c1-3-22(19-30-13-15-31-16-14-30)4-2-20(1)6-9-24-18-25(29-28-24)10-7-21-5-8-23-11-12-27-26(23)17-21/h1-12,17-18,27H,13-16,19H2,(H,28,29). The van der Waals surface area contributed by atoms with E-state index in [0.717, 1.165) is 55.3 Å². The van der Waals surface area contributed by atoms with Gasteiger partial charge in [0.05, 0.1) is 24.6 Å². The lowest BCUT2D eigenvalue weighted by Crippen LogP contribution is -2.35. The highest BCUT2D eigenvalue weighted by molar-refractivity contribution is 5.83. The van der Waals surface area contributed by atoms with Gasteiger partial charge in [-0.05, 0) is 52.4 Å². The highest BCUT2D eigenvalue weighted by Crippen LogP contribution is 2.17. The smallest absolute Gasteiger partial charge is 0.0854 e. The van der Waals surface area contributed by atoms with E-state index in [-0.39, 0.29) is 0 Å². The Morgan fingerprint density at radius 3 is 2.55 bits per heavy atom. The van der Waals surface area contributed by atoms with Crippen LogP contribution < -0.4 is 0 Å². The third kappa shape index (κ3) is 5.02. The Kier molecular flexibility index (Phi) is 5.78. The highest BCUT2D eigenvalue weighted by Gasteiger charge is 2.10. The zero-order valence-corrected chi connectivity index (χ0v) is 17.4. The molecule has 0 atom stereocenters. The molecule has 5 rings (SSSR count). The lowest BCUT2D eigenvalue weighted by molar-refractivity contribution is 0.0342. The fourth-order valence-corrected chi connectivity index (χ4v) is 3.81. The Balaban J connectivity index is 1.19. The molecule has 1 aliphatic heterocycles. The fraction of sp³-hybridized carbons (Fsp3) is 0.192. The SMILES string of the molecule is C(=Cc1cc(C=Cc2ccc3cc[nH]c3c2)n[nH]1)c1ccc(CN2CCOCC2)cc1. The monoisotopic (exact) mass is 410 g/mol. The molecule has 3 heterocycles. The van der Waals surface area contributed by atoms with Crippen LogP contribution in [-0.4, -0.2) is 46.4 Å². The summed E-state index contributed by atoms with van der Waals surface area (Å²) in [5, 5.41) is 8.70. The van der Waals surface area contributed by atoms with Crippen molar-refractivity contribution in [3.05, 3.63) is 88.9 Å². The normalized spacial score (nSPS) is 15.5. The second-order valence-electron chi connectivity index (χ2n) is 7.87. The molecule has 4 aromatic rings. The Hall–Kier alpha value is -3.41. The second-order valence-corrected chi connectivity index (χ2v) is 7.87. The van der Waals surface area contributed by atoms with Gasteiger partial charge in [0.15, 0.2) is 0 Å². The summed E-state index contributed by atoms with van der Waals surface area (Å²) < 4.78 is 5.42. The van der Waals surface area contributed by atoms with Crippen molar-refractivity contribution < 1.29 is 4.74 Å². The number of nitrogens with one attached hydrogen (secondary N) is 2. The number of H-pyrrole nitrogens is 2. The molecule has 0 spiro atoms. The van der Waals surface area contributed by atoms with E-state index in [9.17, 15) is 0 Å². The average molecular weight is 411 g/mol. The van der Waals surface area contributed by atoms with Gasteiger partial charge in [-0.25, -0.2) is 0 Å². The van der Waals surface area contributed by atoms with Crippen LogP contribution >= 0.6 is 0 Å². The van der Waals surface area contributed by atoms with Crippen molar-refractivity contribution in [3.8, 4) is 0 Å². The number of benzene rings is 2. The molecule has 2 N–H and O–H groups in total. The van der Waals surface area contributed by atoms with Crippen LogP contribution in [0.3, 0.4) is 0 Å². The van der Waals surface area contributed by atoms with Crippen LogP contribution in [0.15, 0.2) is 60.8 Å². The van der Waals surface area contributed by atoms with Gasteiger partial charge in [-0.1, -0.05) is 48.6 Å². The molecule has 1 saturated heterocycles. The van der Waals surface area contributed by atoms with Crippen molar-refractivity contribution in [2.45, 2.75) is 6.54 Å². The molecule has 1 aliphatic rings. The van der Waals surface area contributed by atoms with Gasteiger partial charge in [-0.2, -0.15) is 5.10 Å². The average Bonchev–Trinajstić information content (AvgIpc) is 3.47. The van der Waals surface area contributed by atoms with Crippen LogP contribution in [0.4, 0.5) is 0 Å². The maximum atomic E-state index is 5.42. The van der Waals surface area contributed by atoms with Gasteiger partial charge in [0.25, 0.3) is 0 Å². The molecule has 0 bridgehead atoms. The topological polar surface area (TPSA) is 56.9 Å². The predicted octanol–water partition coefficient (Wildman–Crippen LogP) is 5.06. The summed E-state index contributed by atoms with van der Waals surface area (Å²) in [5.74, 6) is 0. The molecule has 0 saturated carbocycles. The molecule has 2 aromatic carbocycles. The van der Waals surface area contributed by atoms with Gasteiger partial charge in [-0.15, -0.1) is 0 Å². The number of nitrogens with zero attached hydrogens (tertiary/aromatic N) is 2. The van der Waals surface area contributed by atoms with Gasteiger partial charge >= 0.3 is 0 Å². The van der Waals surface area contributed by atoms with Crippen LogP contribution in [-0.2, 0) is 11.3 Å². The third-order valence-corrected chi connectivity index (χ3v) is 5.59. The van der Waals surface area contributed by atoms with Gasteiger partial charge in [0.1, 0.15) is 0 Å². The van der Waals surface area contributed by atoms with Crippen LogP contribution in [0.25, 0.3) is 35.2 Å². The van der Waals surface area contributed by atoms with Gasteiger partial charge < -0.3 is 9.72 Å². The van der Waals surface area contributed by atoms with Gasteiger partial charge in [0, 0.05) is 31.3 Å². The fourth-order valence-electron chi connectivity index (χ4n) is 3.81. The number of aromatic amines is 2. The number of hydrogen-bond acceptors (Lipinski definition) is 3. The number of hydrogen-bond donors (Lipinski definition) is 2. The Morgan fingerprint density at radius 2 is 1.68 bits per heavy atom. The minimum absolute atomic E-state index is 0.837. The first-order chi connectivity index (χ1) is 15.3. The van der Waals surface area contributed by atoms with Crippen molar-refractivity contribution >= 4 is 35.2 Å². The maximum absolute atomic E-state index is 5.42. The number of morpholine rings is 1. The first-order valence-electron chi connectivity index (χ1n) is 10.7. The molecule has 0 unspecified atom stereocenters. The molecule has 0 radical (unpaired) electrons. The zero-order valence-electron chi connectivity index (χ0n) is 17.4. The molecule has 0 aliphatic carbocycles. The largest absolute Gasteiger partial charge is 0.379 e. The van der Waals surface area contributed by atoms with E-state index < -0.39 is 0 Å². The van der Waals surface area contributed by atoms with E-state index in [1.165, 1.54) is 16.5 Å². The lowest BCUT2D eigenvalue weighted by atomic mass is 10.1. The van der Waals surface area contributed by atoms with Gasteiger partial charge in [-0.3, -0.25) is 10.00 Å². The van der Waals surface area contributed by atoms with Crippen molar-refractivity contribution in [1.29, 1.82) is 0 Å². The van der Waals surface area contributed by atoms with Crippen LogP contribution in [0.2, 0.25) is 0 Å². The van der Waals surface area contributed by atoms with E-state index in [0.29, 0.717) is 0 Å². The lowest BCUT2D eigenvalue weighted by Gasteiger charge is -2.26. The summed E-state index contributed by atoms with van der Waals surface area (Å²) in [5.41, 5.74) is 6.70. The van der Waals surface area contributed by atoms with Crippen molar-refractivity contribution in [1.82, 2.24) is 20.1 Å². The number of ether oxygens (including phenoxy) is 1. The highest BCUT2D eigenvalue weighted by atomic mass is 16.5. The van der Waals surface area contributed by atoms with Crippen molar-refractivity contribution in [3.63, 3.8) is 0 Å². The first-order valence-corrected chi connectivity index (χ1v) is 10.7. The molecule has 5 nitrogen and oxygen atoms in total. The molecule has 5 heteroatoms. The summed E-state index contributed by atoms with van der Waals surface area (Å²) in [4.78, 5) is 5.68. The van der Waals surface area contributed by atoms with Crippen LogP contribution in [0.5, 0.6) is 0 Å². The van der Waals surface area contributed by atoms with Crippen LogP contribution in [0, 0.1) is 0 Å². The minimum atomic E-state index is 0.837. The van der Waals surface area contributed by atoms with E-state index in [2.05, 4.69) is 86.8 Å². The summed E-state index contributed by atoms with van der Waals surface area (Å²) in [7, 11) is 0. The van der Waals surface area contributed by atoms with E-state index in [1.54, 1.807) is 0 Å². The molecule has 31 heavy (non-hydrogen) atoms. The van der Waals surface area contributed by atoms with Crippen LogP contribution in [0.1, 0.15) is 28.1 Å². The number of rotatable bonds is 6. The molecule has 1 fully saturated rings. The Labute approximate surface area is 182 Å². The van der Waals surface area contributed by atoms with Gasteiger partial charge in [0.2, 0.25) is 0 Å². The molecular formula is C26H26N4O. The maximum Gasteiger partial charge on any atom is 0.0854 e.